The van der Waals surface area contributed by atoms with Crippen molar-refractivity contribution in [2.24, 2.45) is 4.99 Å². The van der Waals surface area contributed by atoms with Crippen LogP contribution in [0.5, 0.6) is 5.75 Å². The van der Waals surface area contributed by atoms with Crippen LogP contribution < -0.4 is 15.4 Å². The zero-order valence-electron chi connectivity index (χ0n) is 18.5. The molecule has 7 nitrogen and oxygen atoms in total. The molecule has 0 aliphatic carbocycles. The van der Waals surface area contributed by atoms with Crippen LogP contribution in [0.1, 0.15) is 51.6 Å². The lowest BCUT2D eigenvalue weighted by atomic mass is 10.1. The van der Waals surface area contributed by atoms with Gasteiger partial charge in [-0.2, -0.15) is 0 Å². The number of benzene rings is 2. The molecule has 0 saturated heterocycles. The van der Waals surface area contributed by atoms with Crippen molar-refractivity contribution in [1.82, 2.24) is 15.5 Å². The van der Waals surface area contributed by atoms with Gasteiger partial charge in [0.25, 0.3) is 11.8 Å². The molecule has 0 atom stereocenters. The van der Waals surface area contributed by atoms with Gasteiger partial charge in [-0.15, -0.1) is 0 Å². The molecule has 2 heterocycles. The summed E-state index contributed by atoms with van der Waals surface area (Å²) in [5, 5.41) is 6.65. The number of ether oxygens (including phenoxy) is 1. The Balaban J connectivity index is 1.20. The van der Waals surface area contributed by atoms with Gasteiger partial charge >= 0.3 is 0 Å². The maximum atomic E-state index is 12.4. The summed E-state index contributed by atoms with van der Waals surface area (Å²) in [6, 6.07) is 13.4. The van der Waals surface area contributed by atoms with E-state index < -0.39 is 0 Å². The number of fused-ring (bicyclic) bond motifs is 2. The first-order valence-corrected chi connectivity index (χ1v) is 11.4. The van der Waals surface area contributed by atoms with Gasteiger partial charge in [-0.05, 0) is 55.5 Å². The van der Waals surface area contributed by atoms with Crippen LogP contribution in [0.15, 0.2) is 47.5 Å². The fourth-order valence-electron chi connectivity index (χ4n) is 4.08. The van der Waals surface area contributed by atoms with Crippen molar-refractivity contribution < 1.29 is 14.3 Å². The molecule has 0 spiro atoms. The van der Waals surface area contributed by atoms with Gasteiger partial charge in [0.15, 0.2) is 5.96 Å². The molecule has 0 aromatic heterocycles. The lowest BCUT2D eigenvalue weighted by Crippen LogP contribution is -2.38. The summed E-state index contributed by atoms with van der Waals surface area (Å²) in [4.78, 5) is 30.8. The summed E-state index contributed by atoms with van der Waals surface area (Å²) >= 11 is 0. The maximum Gasteiger partial charge on any atom is 0.261 e. The van der Waals surface area contributed by atoms with Gasteiger partial charge < -0.3 is 15.4 Å². The predicted molar refractivity (Wildman–Crippen MR) is 124 cm³/mol. The number of carbonyl (C=O) groups is 2. The Morgan fingerprint density at radius 1 is 1.06 bits per heavy atom. The fraction of sp³-hybridized carbons (Fsp3) is 0.400. The Labute approximate surface area is 188 Å². The Morgan fingerprint density at radius 2 is 1.84 bits per heavy atom. The second kappa shape index (κ2) is 10.3. The molecule has 2 amide bonds. The number of nitrogens with zero attached hydrogens (tertiary/aromatic N) is 2. The van der Waals surface area contributed by atoms with E-state index in [1.54, 1.807) is 24.3 Å². The number of imide groups is 1. The van der Waals surface area contributed by atoms with E-state index in [-0.39, 0.29) is 11.8 Å². The monoisotopic (exact) mass is 434 g/mol. The summed E-state index contributed by atoms with van der Waals surface area (Å²) < 4.78 is 5.57. The van der Waals surface area contributed by atoms with E-state index in [9.17, 15) is 9.59 Å². The standard InChI is InChI=1S/C25H30N4O3/c1-2-26-25(28-14-11-18-9-10-22-19(17-18)12-16-32-22)27-13-5-6-15-29-23(30)20-7-3-4-8-21(20)24(29)31/h3-4,7-10,17H,2,5-6,11-16H2,1H3,(H2,26,27,28). The van der Waals surface area contributed by atoms with Crippen LogP contribution in [0.2, 0.25) is 0 Å². The van der Waals surface area contributed by atoms with Crippen LogP contribution in [0.25, 0.3) is 0 Å². The Hall–Kier alpha value is -3.35. The molecule has 2 N–H and O–H groups in total. The summed E-state index contributed by atoms with van der Waals surface area (Å²) in [6.45, 7) is 5.46. The first-order chi connectivity index (χ1) is 15.7. The van der Waals surface area contributed by atoms with E-state index >= 15 is 0 Å². The normalized spacial score (nSPS) is 14.9. The summed E-state index contributed by atoms with van der Waals surface area (Å²) in [5.74, 6) is 1.42. The molecule has 0 unspecified atom stereocenters. The van der Waals surface area contributed by atoms with E-state index in [1.807, 2.05) is 6.92 Å². The van der Waals surface area contributed by atoms with Gasteiger partial charge in [0.05, 0.1) is 17.7 Å². The van der Waals surface area contributed by atoms with E-state index in [2.05, 4.69) is 33.8 Å². The molecular formula is C25H30N4O3. The van der Waals surface area contributed by atoms with Gasteiger partial charge in [-0.3, -0.25) is 19.5 Å². The number of nitrogens with one attached hydrogen (secondary N) is 2. The van der Waals surface area contributed by atoms with Crippen LogP contribution >= 0.6 is 0 Å². The van der Waals surface area contributed by atoms with Crippen LogP contribution in [-0.2, 0) is 12.8 Å². The molecule has 2 aromatic rings. The molecule has 4 rings (SSSR count). The SMILES string of the molecule is CCNC(=NCCCCN1C(=O)c2ccccc2C1=O)NCCc1ccc2c(c1)CCO2. The average Bonchev–Trinajstić information content (AvgIpc) is 3.37. The zero-order chi connectivity index (χ0) is 22.3. The van der Waals surface area contributed by atoms with Crippen molar-refractivity contribution in [3.63, 3.8) is 0 Å². The lowest BCUT2D eigenvalue weighted by molar-refractivity contribution is 0.0652. The molecule has 168 valence electrons. The highest BCUT2D eigenvalue weighted by molar-refractivity contribution is 6.21. The Morgan fingerprint density at radius 3 is 2.59 bits per heavy atom. The van der Waals surface area contributed by atoms with Gasteiger partial charge in [0.1, 0.15) is 5.75 Å². The number of amides is 2. The summed E-state index contributed by atoms with van der Waals surface area (Å²) in [5.41, 5.74) is 3.59. The predicted octanol–water partition coefficient (Wildman–Crippen LogP) is 2.80. The third-order valence-electron chi connectivity index (χ3n) is 5.74. The highest BCUT2D eigenvalue weighted by atomic mass is 16.5. The zero-order valence-corrected chi connectivity index (χ0v) is 18.5. The second-order valence-electron chi connectivity index (χ2n) is 7.99. The number of guanidine groups is 1. The number of aliphatic imine (C=N–C) groups is 1. The molecule has 2 aliphatic rings. The summed E-state index contributed by atoms with van der Waals surface area (Å²) in [7, 11) is 0. The van der Waals surface area contributed by atoms with Crippen molar-refractivity contribution in [2.75, 3.05) is 32.8 Å². The van der Waals surface area contributed by atoms with Crippen molar-refractivity contribution in [1.29, 1.82) is 0 Å². The first kappa shape index (κ1) is 21.9. The van der Waals surface area contributed by atoms with Crippen molar-refractivity contribution in [2.45, 2.75) is 32.6 Å². The fourth-order valence-corrected chi connectivity index (χ4v) is 4.08. The molecule has 32 heavy (non-hydrogen) atoms. The Kier molecular flexibility index (Phi) is 7.04. The lowest BCUT2D eigenvalue weighted by Gasteiger charge is -2.14. The molecule has 0 radical (unpaired) electrons. The third kappa shape index (κ3) is 4.93. The minimum atomic E-state index is -0.192. The number of carbonyl (C=O) groups excluding carboxylic acids is 2. The number of hydrogen-bond acceptors (Lipinski definition) is 4. The number of rotatable bonds is 9. The van der Waals surface area contributed by atoms with E-state index in [4.69, 9.17) is 4.74 Å². The maximum absolute atomic E-state index is 12.4. The first-order valence-electron chi connectivity index (χ1n) is 11.4. The van der Waals surface area contributed by atoms with Gasteiger partial charge in [-0.25, -0.2) is 0 Å². The van der Waals surface area contributed by atoms with E-state index in [0.717, 1.165) is 57.1 Å². The quantitative estimate of drug-likeness (QED) is 0.274. The van der Waals surface area contributed by atoms with Crippen LogP contribution in [0.3, 0.4) is 0 Å². The molecular weight excluding hydrogens is 404 g/mol. The van der Waals surface area contributed by atoms with Gasteiger partial charge in [0.2, 0.25) is 0 Å². The minimum Gasteiger partial charge on any atom is -0.493 e. The number of unbranched alkanes of at least 4 members (excludes halogenated alkanes) is 1. The number of hydrogen-bond donors (Lipinski definition) is 2. The van der Waals surface area contributed by atoms with Gasteiger partial charge in [-0.1, -0.05) is 24.3 Å². The van der Waals surface area contributed by atoms with E-state index in [0.29, 0.717) is 24.2 Å². The molecule has 0 fully saturated rings. The van der Waals surface area contributed by atoms with E-state index in [1.165, 1.54) is 16.0 Å². The Bertz CT molecular complexity index is 983. The van der Waals surface area contributed by atoms with Gasteiger partial charge in [0, 0.05) is 32.6 Å². The third-order valence-corrected chi connectivity index (χ3v) is 5.74. The van der Waals surface area contributed by atoms with Crippen molar-refractivity contribution in [3.05, 3.63) is 64.7 Å². The molecule has 2 aliphatic heterocycles. The second-order valence-corrected chi connectivity index (χ2v) is 7.99. The molecule has 0 bridgehead atoms. The molecule has 7 heteroatoms. The molecule has 0 saturated carbocycles. The topological polar surface area (TPSA) is 83.0 Å². The smallest absolute Gasteiger partial charge is 0.261 e. The van der Waals surface area contributed by atoms with Crippen LogP contribution in [-0.4, -0.2) is 55.5 Å². The summed E-state index contributed by atoms with van der Waals surface area (Å²) in [6.07, 6.45) is 3.43. The highest BCUT2D eigenvalue weighted by Gasteiger charge is 2.34. The largest absolute Gasteiger partial charge is 0.493 e. The highest BCUT2D eigenvalue weighted by Crippen LogP contribution is 2.26. The average molecular weight is 435 g/mol. The van der Waals surface area contributed by atoms with Crippen LogP contribution in [0, 0.1) is 0 Å². The van der Waals surface area contributed by atoms with Crippen molar-refractivity contribution in [3.8, 4) is 5.75 Å². The van der Waals surface area contributed by atoms with Crippen molar-refractivity contribution >= 4 is 17.8 Å². The molecule has 2 aromatic carbocycles. The minimum absolute atomic E-state index is 0.192. The van der Waals surface area contributed by atoms with Crippen LogP contribution in [0.4, 0.5) is 0 Å².